The number of anilines is 1. The lowest BCUT2D eigenvalue weighted by Crippen LogP contribution is -2.49. The van der Waals surface area contributed by atoms with Crippen molar-refractivity contribution in [2.75, 3.05) is 38.2 Å². The normalized spacial score (nSPS) is 13.8. The second-order valence-corrected chi connectivity index (χ2v) is 8.79. The van der Waals surface area contributed by atoms with Crippen LogP contribution in [0.4, 0.5) is 5.69 Å². The molecular formula is C27H29ClN6O2. The van der Waals surface area contributed by atoms with Crippen LogP contribution >= 0.6 is 11.6 Å². The first-order valence-corrected chi connectivity index (χ1v) is 12.0. The Morgan fingerprint density at radius 2 is 2.00 bits per heavy atom. The number of allylic oxidation sites excluding steroid dienone is 3. The molecular weight excluding hydrogens is 476 g/mol. The third-order valence-corrected chi connectivity index (χ3v) is 6.49. The Balaban J connectivity index is 1.52. The number of amides is 1. The summed E-state index contributed by atoms with van der Waals surface area (Å²) in [6.45, 7) is 8.27. The minimum Gasteiger partial charge on any atom is -0.496 e. The summed E-state index contributed by atoms with van der Waals surface area (Å²) in [6, 6.07) is 11.6. The van der Waals surface area contributed by atoms with Crippen LogP contribution in [0, 0.1) is 12.3 Å². The number of piperazine rings is 1. The number of hydrogen-bond acceptors (Lipinski definition) is 6. The number of hydrogen-bond donors (Lipinski definition) is 1. The Hall–Kier alpha value is -3.91. The van der Waals surface area contributed by atoms with Gasteiger partial charge < -0.3 is 14.5 Å². The van der Waals surface area contributed by atoms with E-state index in [2.05, 4.69) is 27.6 Å². The zero-order valence-corrected chi connectivity index (χ0v) is 21.2. The average Bonchev–Trinajstić information content (AvgIpc) is 3.23. The molecule has 1 aliphatic rings. The number of halogens is 1. The predicted molar refractivity (Wildman–Crippen MR) is 143 cm³/mol. The smallest absolute Gasteiger partial charge is 0.244 e. The van der Waals surface area contributed by atoms with Gasteiger partial charge >= 0.3 is 0 Å². The van der Waals surface area contributed by atoms with Crippen LogP contribution in [0.3, 0.4) is 0 Å². The number of ether oxygens (including phenoxy) is 1. The van der Waals surface area contributed by atoms with E-state index < -0.39 is 0 Å². The van der Waals surface area contributed by atoms with Gasteiger partial charge in [0.1, 0.15) is 23.7 Å². The van der Waals surface area contributed by atoms with E-state index in [0.717, 1.165) is 17.0 Å². The van der Waals surface area contributed by atoms with Crippen LogP contribution in [-0.2, 0) is 11.3 Å². The van der Waals surface area contributed by atoms with Gasteiger partial charge in [-0.05, 0) is 36.8 Å². The summed E-state index contributed by atoms with van der Waals surface area (Å²) in [5, 5.41) is 13.2. The number of benzene rings is 1. The summed E-state index contributed by atoms with van der Waals surface area (Å²) < 4.78 is 7.01. The van der Waals surface area contributed by atoms with E-state index in [9.17, 15) is 4.79 Å². The van der Waals surface area contributed by atoms with Crippen molar-refractivity contribution in [2.45, 2.75) is 13.5 Å². The molecule has 0 aliphatic carbocycles. The quantitative estimate of drug-likeness (QED) is 0.363. The maximum absolute atomic E-state index is 13.3. The molecule has 186 valence electrons. The van der Waals surface area contributed by atoms with Crippen LogP contribution < -0.4 is 9.64 Å². The highest BCUT2D eigenvalue weighted by molar-refractivity contribution is 6.36. The van der Waals surface area contributed by atoms with Gasteiger partial charge in [-0.25, -0.2) is 0 Å². The van der Waals surface area contributed by atoms with Crippen molar-refractivity contribution < 1.29 is 9.53 Å². The van der Waals surface area contributed by atoms with Crippen LogP contribution in [0.25, 0.3) is 11.4 Å². The number of aryl methyl sites for hydroxylation is 1. The summed E-state index contributed by atoms with van der Waals surface area (Å²) in [7, 11) is 1.67. The van der Waals surface area contributed by atoms with Gasteiger partial charge in [0, 0.05) is 44.1 Å². The Labute approximate surface area is 216 Å². The van der Waals surface area contributed by atoms with E-state index in [-0.39, 0.29) is 18.2 Å². The molecule has 1 amide bonds. The summed E-state index contributed by atoms with van der Waals surface area (Å²) in [6.07, 6.45) is 6.45. The number of nitrogens with one attached hydrogen (secondary N) is 1. The zero-order valence-electron chi connectivity index (χ0n) is 20.4. The second kappa shape index (κ2) is 11.2. The number of carbonyl (C=O) groups excluding carboxylic acids is 1. The highest BCUT2D eigenvalue weighted by atomic mass is 35.5. The standard InChI is InChI=1S/C27H29ClN6O2/c1-4-5-8-21(29)26-25(28)27(22-9-6-7-12-30-22)34(31-26)18-24(35)33-15-13-32(14-16-33)20-11-10-19(2)23(17-20)36-3/h4-12,17,29H,1,13-16,18H2,2-3H3/b8-5-,29-21?. The van der Waals surface area contributed by atoms with E-state index in [0.29, 0.717) is 48.3 Å². The molecule has 0 spiro atoms. The third kappa shape index (κ3) is 5.33. The molecule has 8 nitrogen and oxygen atoms in total. The van der Waals surface area contributed by atoms with E-state index in [1.165, 1.54) is 0 Å². The van der Waals surface area contributed by atoms with Crippen molar-refractivity contribution >= 4 is 28.9 Å². The number of pyridine rings is 1. The molecule has 2 aromatic heterocycles. The van der Waals surface area contributed by atoms with Gasteiger partial charge in [-0.15, -0.1) is 0 Å². The molecule has 1 fully saturated rings. The fourth-order valence-electron chi connectivity index (χ4n) is 4.16. The SMILES string of the molecule is C=C/C=C\C(=N)c1nn(CC(=O)N2CCN(c3ccc(C)c(OC)c3)CC2)c(-c2ccccn2)c1Cl. The predicted octanol–water partition coefficient (Wildman–Crippen LogP) is 4.37. The van der Waals surface area contributed by atoms with E-state index in [1.807, 2.05) is 42.2 Å². The second-order valence-electron chi connectivity index (χ2n) is 8.41. The maximum Gasteiger partial charge on any atom is 0.244 e. The number of carbonyl (C=O) groups is 1. The van der Waals surface area contributed by atoms with Gasteiger partial charge in [0.05, 0.1) is 23.5 Å². The average molecular weight is 505 g/mol. The highest BCUT2D eigenvalue weighted by Crippen LogP contribution is 2.31. The first kappa shape index (κ1) is 25.2. The zero-order chi connectivity index (χ0) is 25.7. The summed E-state index contributed by atoms with van der Waals surface area (Å²) >= 11 is 6.66. The van der Waals surface area contributed by atoms with Gasteiger partial charge in [-0.3, -0.25) is 19.9 Å². The fraction of sp³-hybridized carbons (Fsp3) is 0.259. The van der Waals surface area contributed by atoms with Crippen LogP contribution in [0.15, 0.2) is 67.4 Å². The third-order valence-electron chi connectivity index (χ3n) is 6.13. The van der Waals surface area contributed by atoms with Crippen LogP contribution in [-0.4, -0.2) is 64.6 Å². The highest BCUT2D eigenvalue weighted by Gasteiger charge is 2.26. The van der Waals surface area contributed by atoms with Crippen molar-refractivity contribution in [3.63, 3.8) is 0 Å². The van der Waals surface area contributed by atoms with Gasteiger partial charge in [0.25, 0.3) is 0 Å². The van der Waals surface area contributed by atoms with Crippen LogP contribution in [0.1, 0.15) is 11.3 Å². The minimum absolute atomic E-state index is 0.00242. The fourth-order valence-corrected chi connectivity index (χ4v) is 4.50. The Bertz CT molecular complexity index is 1290. The van der Waals surface area contributed by atoms with Gasteiger partial charge in [0.2, 0.25) is 5.91 Å². The molecule has 9 heteroatoms. The van der Waals surface area contributed by atoms with Crippen LogP contribution in [0.2, 0.25) is 5.02 Å². The topological polar surface area (TPSA) is 87.3 Å². The monoisotopic (exact) mass is 504 g/mol. The Morgan fingerprint density at radius 1 is 1.22 bits per heavy atom. The summed E-state index contributed by atoms with van der Waals surface area (Å²) in [5.41, 5.74) is 3.70. The molecule has 3 heterocycles. The molecule has 4 rings (SSSR count). The maximum atomic E-state index is 13.3. The van der Waals surface area contributed by atoms with Crippen molar-refractivity contribution in [3.05, 3.63) is 83.7 Å². The molecule has 1 aromatic carbocycles. The van der Waals surface area contributed by atoms with Gasteiger partial charge in [-0.2, -0.15) is 5.10 Å². The molecule has 0 atom stereocenters. The van der Waals surface area contributed by atoms with Crippen molar-refractivity contribution in [1.29, 1.82) is 5.41 Å². The number of rotatable bonds is 8. The molecule has 0 saturated carbocycles. The number of aromatic nitrogens is 3. The molecule has 1 aliphatic heterocycles. The first-order valence-electron chi connectivity index (χ1n) is 11.7. The minimum atomic E-state index is -0.0628. The molecule has 0 unspecified atom stereocenters. The molecule has 3 aromatic rings. The Kier molecular flexibility index (Phi) is 7.85. The van der Waals surface area contributed by atoms with Crippen molar-refractivity contribution in [3.8, 4) is 17.1 Å². The first-order chi connectivity index (χ1) is 17.4. The van der Waals surface area contributed by atoms with Crippen molar-refractivity contribution in [2.24, 2.45) is 0 Å². The Morgan fingerprint density at radius 3 is 2.67 bits per heavy atom. The number of methoxy groups -OCH3 is 1. The largest absolute Gasteiger partial charge is 0.496 e. The lowest BCUT2D eigenvalue weighted by Gasteiger charge is -2.36. The van der Waals surface area contributed by atoms with E-state index in [1.54, 1.807) is 36.2 Å². The molecule has 1 saturated heterocycles. The number of nitrogens with zero attached hydrogens (tertiary/aromatic N) is 5. The lowest BCUT2D eigenvalue weighted by molar-refractivity contribution is -0.132. The molecule has 0 radical (unpaired) electrons. The summed E-state index contributed by atoms with van der Waals surface area (Å²) in [4.78, 5) is 21.8. The molecule has 0 bridgehead atoms. The van der Waals surface area contributed by atoms with Crippen LogP contribution in [0.5, 0.6) is 5.75 Å². The van der Waals surface area contributed by atoms with Gasteiger partial charge in [0.15, 0.2) is 0 Å². The van der Waals surface area contributed by atoms with Gasteiger partial charge in [-0.1, -0.05) is 42.5 Å². The summed E-state index contributed by atoms with van der Waals surface area (Å²) in [5.74, 6) is 0.792. The lowest BCUT2D eigenvalue weighted by atomic mass is 10.1. The van der Waals surface area contributed by atoms with E-state index in [4.69, 9.17) is 21.7 Å². The molecule has 1 N–H and O–H groups in total. The van der Waals surface area contributed by atoms with E-state index >= 15 is 0 Å². The van der Waals surface area contributed by atoms with Crippen molar-refractivity contribution in [1.82, 2.24) is 19.7 Å². The molecule has 36 heavy (non-hydrogen) atoms.